The van der Waals surface area contributed by atoms with Gasteiger partial charge < -0.3 is 15.1 Å². The van der Waals surface area contributed by atoms with Gasteiger partial charge in [-0.2, -0.15) is 5.26 Å². The van der Waals surface area contributed by atoms with Crippen molar-refractivity contribution in [3.05, 3.63) is 88.9 Å². The first-order valence-corrected chi connectivity index (χ1v) is 8.74. The number of hydrogen-bond donors (Lipinski definition) is 2. The number of anilines is 1. The number of carbonyl (C=O) groups excluding carboxylic acids is 2. The van der Waals surface area contributed by atoms with E-state index in [0.29, 0.717) is 16.8 Å². The Bertz CT molecular complexity index is 1030. The maximum atomic E-state index is 12.6. The molecule has 0 saturated heterocycles. The largest absolute Gasteiger partial charge is 0.459 e. The van der Waals surface area contributed by atoms with Gasteiger partial charge in [-0.25, -0.2) is 0 Å². The van der Waals surface area contributed by atoms with E-state index in [-0.39, 0.29) is 23.6 Å². The number of nitrogens with zero attached hydrogens (tertiary/aromatic N) is 1. The maximum Gasteiger partial charge on any atom is 0.291 e. The number of nitrogens with one attached hydrogen (secondary N) is 2. The van der Waals surface area contributed by atoms with Gasteiger partial charge in [0.25, 0.3) is 11.8 Å². The first kappa shape index (κ1) is 18.9. The molecule has 0 spiro atoms. The quantitative estimate of drug-likeness (QED) is 0.700. The number of hydrogen-bond acceptors (Lipinski definition) is 4. The molecule has 3 aromatic rings. The SMILES string of the molecule is Cc1ccc(C(=O)NC(C)c2ccc(C#N)cc2)cc1NC(=O)c1ccco1. The number of carbonyl (C=O) groups is 2. The van der Waals surface area contributed by atoms with Gasteiger partial charge in [0.15, 0.2) is 5.76 Å². The summed E-state index contributed by atoms with van der Waals surface area (Å²) in [6.07, 6.45) is 1.43. The molecule has 1 atom stereocenters. The molecule has 28 heavy (non-hydrogen) atoms. The van der Waals surface area contributed by atoms with Gasteiger partial charge in [0.2, 0.25) is 0 Å². The van der Waals surface area contributed by atoms with Crippen molar-refractivity contribution in [3.8, 4) is 6.07 Å². The maximum absolute atomic E-state index is 12.6. The van der Waals surface area contributed by atoms with E-state index in [1.165, 1.54) is 6.26 Å². The van der Waals surface area contributed by atoms with Crippen molar-refractivity contribution in [2.45, 2.75) is 19.9 Å². The molecular weight excluding hydrogens is 354 g/mol. The second-order valence-electron chi connectivity index (χ2n) is 6.39. The Hall–Kier alpha value is -3.85. The minimum Gasteiger partial charge on any atom is -0.459 e. The van der Waals surface area contributed by atoms with Crippen LogP contribution in [-0.4, -0.2) is 11.8 Å². The van der Waals surface area contributed by atoms with Crippen LogP contribution in [0.2, 0.25) is 0 Å². The van der Waals surface area contributed by atoms with Crippen molar-refractivity contribution in [2.75, 3.05) is 5.32 Å². The lowest BCUT2D eigenvalue weighted by molar-refractivity contribution is 0.0938. The van der Waals surface area contributed by atoms with Gasteiger partial charge in [0.05, 0.1) is 23.9 Å². The van der Waals surface area contributed by atoms with Crippen molar-refractivity contribution >= 4 is 17.5 Å². The minimum atomic E-state index is -0.378. The zero-order valence-corrected chi connectivity index (χ0v) is 15.5. The molecule has 140 valence electrons. The van der Waals surface area contributed by atoms with Gasteiger partial charge in [-0.15, -0.1) is 0 Å². The Labute approximate surface area is 162 Å². The number of benzene rings is 2. The van der Waals surface area contributed by atoms with Crippen LogP contribution < -0.4 is 10.6 Å². The Balaban J connectivity index is 1.72. The van der Waals surface area contributed by atoms with Gasteiger partial charge in [-0.3, -0.25) is 9.59 Å². The Morgan fingerprint density at radius 1 is 1.07 bits per heavy atom. The smallest absolute Gasteiger partial charge is 0.291 e. The normalized spacial score (nSPS) is 11.3. The highest BCUT2D eigenvalue weighted by molar-refractivity contribution is 6.04. The molecule has 0 fully saturated rings. The summed E-state index contributed by atoms with van der Waals surface area (Å²) in [5, 5.41) is 14.6. The van der Waals surface area contributed by atoms with Gasteiger partial charge in [0.1, 0.15) is 0 Å². The Morgan fingerprint density at radius 3 is 2.46 bits per heavy atom. The highest BCUT2D eigenvalue weighted by Gasteiger charge is 2.15. The van der Waals surface area contributed by atoms with Gasteiger partial charge in [0, 0.05) is 11.3 Å². The molecule has 0 saturated carbocycles. The molecule has 6 nitrogen and oxygen atoms in total. The number of aryl methyl sites for hydroxylation is 1. The van der Waals surface area contributed by atoms with Crippen LogP contribution in [0.4, 0.5) is 5.69 Å². The summed E-state index contributed by atoms with van der Waals surface area (Å²) in [4.78, 5) is 24.8. The van der Waals surface area contributed by atoms with Crippen LogP contribution in [0.15, 0.2) is 65.3 Å². The van der Waals surface area contributed by atoms with Crippen LogP contribution in [0.25, 0.3) is 0 Å². The zero-order valence-electron chi connectivity index (χ0n) is 15.5. The fourth-order valence-electron chi connectivity index (χ4n) is 2.70. The van der Waals surface area contributed by atoms with Crippen LogP contribution >= 0.6 is 0 Å². The second-order valence-corrected chi connectivity index (χ2v) is 6.39. The van der Waals surface area contributed by atoms with Crippen LogP contribution in [0.1, 0.15) is 50.6 Å². The Kier molecular flexibility index (Phi) is 5.56. The summed E-state index contributed by atoms with van der Waals surface area (Å²) >= 11 is 0. The van der Waals surface area contributed by atoms with Crippen molar-refractivity contribution in [1.29, 1.82) is 5.26 Å². The van der Waals surface area contributed by atoms with Crippen molar-refractivity contribution in [1.82, 2.24) is 5.32 Å². The molecule has 2 N–H and O–H groups in total. The fraction of sp³-hybridized carbons (Fsp3) is 0.136. The second kappa shape index (κ2) is 8.23. The predicted octanol–water partition coefficient (Wildman–Crippen LogP) is 4.20. The standard InChI is InChI=1S/C22H19N3O3/c1-14-5-8-18(12-19(14)25-22(27)20-4-3-11-28-20)21(26)24-15(2)17-9-6-16(13-23)7-10-17/h3-12,15H,1-2H3,(H,24,26)(H,25,27). The molecule has 2 aromatic carbocycles. The summed E-state index contributed by atoms with van der Waals surface area (Å²) < 4.78 is 5.09. The van der Waals surface area contributed by atoms with Gasteiger partial charge >= 0.3 is 0 Å². The summed E-state index contributed by atoms with van der Waals surface area (Å²) in [5.74, 6) is -0.439. The summed E-state index contributed by atoms with van der Waals surface area (Å²) in [5.41, 5.74) is 3.26. The van der Waals surface area contributed by atoms with Gasteiger partial charge in [-0.1, -0.05) is 18.2 Å². The Morgan fingerprint density at radius 2 is 1.82 bits per heavy atom. The van der Waals surface area contributed by atoms with Crippen molar-refractivity contribution < 1.29 is 14.0 Å². The average Bonchev–Trinajstić information content (AvgIpc) is 3.24. The number of furan rings is 1. The molecule has 1 heterocycles. The van der Waals surface area contributed by atoms with E-state index in [2.05, 4.69) is 16.7 Å². The monoisotopic (exact) mass is 373 g/mol. The van der Waals surface area contributed by atoms with E-state index >= 15 is 0 Å². The van der Waals surface area contributed by atoms with E-state index < -0.39 is 0 Å². The summed E-state index contributed by atoms with van der Waals surface area (Å²) in [6.45, 7) is 3.71. The molecule has 0 aliphatic heterocycles. The third kappa shape index (κ3) is 4.27. The first-order valence-electron chi connectivity index (χ1n) is 8.74. The van der Waals surface area contributed by atoms with E-state index in [1.54, 1.807) is 42.5 Å². The predicted molar refractivity (Wildman–Crippen MR) is 105 cm³/mol. The minimum absolute atomic E-state index is 0.198. The molecular formula is C22H19N3O3. The van der Waals surface area contributed by atoms with Crippen molar-refractivity contribution in [2.24, 2.45) is 0 Å². The molecule has 0 aliphatic carbocycles. The van der Waals surface area contributed by atoms with E-state index in [9.17, 15) is 9.59 Å². The van der Waals surface area contributed by atoms with Gasteiger partial charge in [-0.05, 0) is 61.4 Å². The molecule has 2 amide bonds. The van der Waals surface area contributed by atoms with Crippen LogP contribution in [0, 0.1) is 18.3 Å². The molecule has 0 radical (unpaired) electrons. The molecule has 0 aliphatic rings. The van der Waals surface area contributed by atoms with Crippen molar-refractivity contribution in [3.63, 3.8) is 0 Å². The average molecular weight is 373 g/mol. The molecule has 1 aromatic heterocycles. The third-order valence-corrected chi connectivity index (χ3v) is 4.38. The number of rotatable bonds is 5. The molecule has 0 bridgehead atoms. The number of amides is 2. The lowest BCUT2D eigenvalue weighted by atomic mass is 10.1. The van der Waals surface area contributed by atoms with E-state index in [4.69, 9.17) is 9.68 Å². The topological polar surface area (TPSA) is 95.1 Å². The molecule has 1 unspecified atom stereocenters. The number of nitriles is 1. The first-order chi connectivity index (χ1) is 13.5. The third-order valence-electron chi connectivity index (χ3n) is 4.38. The highest BCUT2D eigenvalue weighted by Crippen LogP contribution is 2.20. The lowest BCUT2D eigenvalue weighted by Gasteiger charge is -2.15. The summed E-state index contributed by atoms with van der Waals surface area (Å²) in [6, 6.07) is 17.2. The van der Waals surface area contributed by atoms with Crippen LogP contribution in [0.3, 0.4) is 0 Å². The van der Waals surface area contributed by atoms with E-state index in [1.807, 2.05) is 26.0 Å². The highest BCUT2D eigenvalue weighted by atomic mass is 16.3. The van der Waals surface area contributed by atoms with Crippen LogP contribution in [0.5, 0.6) is 0 Å². The molecule has 6 heteroatoms. The zero-order chi connectivity index (χ0) is 20.1. The summed E-state index contributed by atoms with van der Waals surface area (Å²) in [7, 11) is 0. The molecule has 3 rings (SSSR count). The lowest BCUT2D eigenvalue weighted by Crippen LogP contribution is -2.26. The van der Waals surface area contributed by atoms with E-state index in [0.717, 1.165) is 11.1 Å². The van der Waals surface area contributed by atoms with Crippen LogP contribution in [-0.2, 0) is 0 Å². The fourth-order valence-corrected chi connectivity index (χ4v) is 2.70.